The number of carbonyl (C=O) groups excluding carboxylic acids is 2. The third kappa shape index (κ3) is 6.18. The lowest BCUT2D eigenvalue weighted by atomic mass is 10.1. The molecule has 0 spiro atoms. The summed E-state index contributed by atoms with van der Waals surface area (Å²) in [5.41, 5.74) is 1.31. The van der Waals surface area contributed by atoms with Crippen LogP contribution in [0, 0.1) is 0 Å². The summed E-state index contributed by atoms with van der Waals surface area (Å²) in [5.74, 6) is -0.0942. The molecule has 0 aromatic heterocycles. The number of amides is 1. The standard InChI is InChI=1S/C21H24N2O5S/c1-4-5-13-28-20(25)14-9-11-15(12-10-14)22-21(29)23-19(24)18-16(26-2)7-6-8-17(18)27-3/h6-12H,4-5,13H2,1-3H3,(H2,22,23,24,29). The smallest absolute Gasteiger partial charge is 0.338 e. The van der Waals surface area contributed by atoms with Crippen LogP contribution in [0.5, 0.6) is 11.5 Å². The van der Waals surface area contributed by atoms with Gasteiger partial charge in [-0.2, -0.15) is 0 Å². The zero-order valence-electron chi connectivity index (χ0n) is 16.6. The molecule has 0 aliphatic carbocycles. The van der Waals surface area contributed by atoms with Gasteiger partial charge in [-0.1, -0.05) is 19.4 Å². The third-order valence-corrected chi connectivity index (χ3v) is 4.20. The Balaban J connectivity index is 1.99. The van der Waals surface area contributed by atoms with Crippen LogP contribution in [0.2, 0.25) is 0 Å². The Morgan fingerprint density at radius 3 is 2.17 bits per heavy atom. The number of hydrogen-bond acceptors (Lipinski definition) is 6. The molecule has 29 heavy (non-hydrogen) atoms. The van der Waals surface area contributed by atoms with E-state index in [4.69, 9.17) is 26.4 Å². The Kier molecular flexibility index (Phi) is 8.42. The van der Waals surface area contributed by atoms with E-state index in [1.54, 1.807) is 42.5 Å². The molecule has 7 nitrogen and oxygen atoms in total. The molecule has 0 atom stereocenters. The number of ether oxygens (including phenoxy) is 3. The van der Waals surface area contributed by atoms with Crippen molar-refractivity contribution in [2.75, 3.05) is 26.1 Å². The number of benzene rings is 2. The fourth-order valence-corrected chi connectivity index (χ4v) is 2.70. The van der Waals surface area contributed by atoms with Gasteiger partial charge in [-0.3, -0.25) is 10.1 Å². The molecule has 0 saturated carbocycles. The van der Waals surface area contributed by atoms with Crippen molar-refractivity contribution in [3.05, 3.63) is 53.6 Å². The minimum atomic E-state index is -0.465. The number of hydrogen-bond donors (Lipinski definition) is 2. The van der Waals surface area contributed by atoms with E-state index in [-0.39, 0.29) is 16.6 Å². The molecule has 0 aliphatic rings. The van der Waals surface area contributed by atoms with Crippen molar-refractivity contribution in [1.82, 2.24) is 5.32 Å². The maximum atomic E-state index is 12.6. The molecule has 2 rings (SSSR count). The summed E-state index contributed by atoms with van der Waals surface area (Å²) in [4.78, 5) is 24.5. The first-order chi connectivity index (χ1) is 14.0. The molecule has 2 aromatic carbocycles. The summed E-state index contributed by atoms with van der Waals surface area (Å²) >= 11 is 5.21. The van der Waals surface area contributed by atoms with Crippen molar-refractivity contribution in [3.8, 4) is 11.5 Å². The largest absolute Gasteiger partial charge is 0.496 e. The van der Waals surface area contributed by atoms with Crippen LogP contribution < -0.4 is 20.1 Å². The molecule has 0 radical (unpaired) electrons. The Morgan fingerprint density at radius 1 is 1.00 bits per heavy atom. The van der Waals surface area contributed by atoms with Crippen LogP contribution in [0.1, 0.15) is 40.5 Å². The van der Waals surface area contributed by atoms with E-state index in [0.29, 0.717) is 29.4 Å². The zero-order chi connectivity index (χ0) is 21.2. The molecule has 0 aliphatic heterocycles. The van der Waals surface area contributed by atoms with Crippen LogP contribution >= 0.6 is 12.2 Å². The first-order valence-electron chi connectivity index (χ1n) is 9.10. The van der Waals surface area contributed by atoms with Crippen LogP contribution in [0.4, 0.5) is 5.69 Å². The highest BCUT2D eigenvalue weighted by molar-refractivity contribution is 7.80. The number of thiocarbonyl (C=S) groups is 1. The zero-order valence-corrected chi connectivity index (χ0v) is 17.4. The monoisotopic (exact) mass is 416 g/mol. The van der Waals surface area contributed by atoms with Crippen LogP contribution in [-0.4, -0.2) is 37.8 Å². The Morgan fingerprint density at radius 2 is 1.62 bits per heavy atom. The van der Waals surface area contributed by atoms with E-state index in [1.807, 2.05) is 6.92 Å². The molecule has 0 unspecified atom stereocenters. The number of rotatable bonds is 8. The van der Waals surface area contributed by atoms with Crippen molar-refractivity contribution < 1.29 is 23.8 Å². The maximum absolute atomic E-state index is 12.6. The number of carbonyl (C=O) groups is 2. The van der Waals surface area contributed by atoms with Gasteiger partial charge in [0.2, 0.25) is 0 Å². The van der Waals surface area contributed by atoms with Crippen molar-refractivity contribution in [3.63, 3.8) is 0 Å². The number of esters is 1. The molecule has 8 heteroatoms. The van der Waals surface area contributed by atoms with Crippen LogP contribution in [0.15, 0.2) is 42.5 Å². The SMILES string of the molecule is CCCCOC(=O)c1ccc(NC(=S)NC(=O)c2c(OC)cccc2OC)cc1. The first kappa shape index (κ1) is 22.2. The second kappa shape index (κ2) is 11.0. The molecule has 2 aromatic rings. The lowest BCUT2D eigenvalue weighted by Crippen LogP contribution is -2.34. The van der Waals surface area contributed by atoms with Gasteiger partial charge in [0, 0.05) is 5.69 Å². The van der Waals surface area contributed by atoms with Crippen LogP contribution in [0.25, 0.3) is 0 Å². The quantitative estimate of drug-likeness (QED) is 0.385. The average molecular weight is 416 g/mol. The summed E-state index contributed by atoms with van der Waals surface area (Å²) in [6.07, 6.45) is 1.79. The van der Waals surface area contributed by atoms with E-state index in [9.17, 15) is 9.59 Å². The summed E-state index contributed by atoms with van der Waals surface area (Å²) in [7, 11) is 2.94. The molecule has 154 valence electrons. The van der Waals surface area contributed by atoms with Gasteiger partial charge in [-0.25, -0.2) is 4.79 Å². The minimum absolute atomic E-state index is 0.0984. The van der Waals surface area contributed by atoms with Gasteiger partial charge in [-0.15, -0.1) is 0 Å². The third-order valence-electron chi connectivity index (χ3n) is 3.99. The summed E-state index contributed by atoms with van der Waals surface area (Å²) in [6.45, 7) is 2.43. The van der Waals surface area contributed by atoms with Crippen molar-refractivity contribution in [2.45, 2.75) is 19.8 Å². The normalized spacial score (nSPS) is 10.0. The van der Waals surface area contributed by atoms with Crippen molar-refractivity contribution >= 4 is 34.9 Å². The maximum Gasteiger partial charge on any atom is 0.338 e. The minimum Gasteiger partial charge on any atom is -0.496 e. The van der Waals surface area contributed by atoms with Gasteiger partial charge in [0.15, 0.2) is 5.11 Å². The summed E-state index contributed by atoms with van der Waals surface area (Å²) < 4.78 is 15.6. The Labute approximate surface area is 175 Å². The topological polar surface area (TPSA) is 85.9 Å². The fraction of sp³-hybridized carbons (Fsp3) is 0.286. The van der Waals surface area contributed by atoms with Gasteiger partial charge < -0.3 is 19.5 Å². The first-order valence-corrected chi connectivity index (χ1v) is 9.51. The number of nitrogens with one attached hydrogen (secondary N) is 2. The van der Waals surface area contributed by atoms with Gasteiger partial charge >= 0.3 is 5.97 Å². The number of unbranched alkanes of at least 4 members (excludes halogenated alkanes) is 1. The summed E-state index contributed by atoms with van der Waals surface area (Å²) in [5, 5.41) is 5.60. The van der Waals surface area contributed by atoms with Crippen LogP contribution in [-0.2, 0) is 4.74 Å². The van der Waals surface area contributed by atoms with Gasteiger partial charge in [-0.05, 0) is 55.0 Å². The van der Waals surface area contributed by atoms with E-state index in [1.165, 1.54) is 14.2 Å². The molecule has 0 fully saturated rings. The predicted molar refractivity (Wildman–Crippen MR) is 115 cm³/mol. The second-order valence-corrected chi connectivity index (χ2v) is 6.42. The van der Waals surface area contributed by atoms with Gasteiger partial charge in [0.1, 0.15) is 17.1 Å². The van der Waals surface area contributed by atoms with Crippen molar-refractivity contribution in [1.29, 1.82) is 0 Å². The molecule has 0 heterocycles. The predicted octanol–water partition coefficient (Wildman–Crippen LogP) is 3.79. The highest BCUT2D eigenvalue weighted by Gasteiger charge is 2.19. The average Bonchev–Trinajstić information content (AvgIpc) is 2.73. The molecular formula is C21H24N2O5S. The van der Waals surface area contributed by atoms with Gasteiger partial charge in [0.05, 0.1) is 26.4 Å². The number of anilines is 1. The summed E-state index contributed by atoms with van der Waals surface area (Å²) in [6, 6.07) is 11.7. The van der Waals surface area contributed by atoms with E-state index >= 15 is 0 Å². The molecular weight excluding hydrogens is 392 g/mol. The lowest BCUT2D eigenvalue weighted by Gasteiger charge is -2.14. The second-order valence-electron chi connectivity index (χ2n) is 6.01. The molecule has 0 saturated heterocycles. The van der Waals surface area contributed by atoms with Crippen molar-refractivity contribution in [2.24, 2.45) is 0 Å². The fourth-order valence-electron chi connectivity index (χ4n) is 2.49. The van der Waals surface area contributed by atoms with E-state index in [2.05, 4.69) is 10.6 Å². The molecule has 2 N–H and O–H groups in total. The highest BCUT2D eigenvalue weighted by Crippen LogP contribution is 2.28. The highest BCUT2D eigenvalue weighted by atomic mass is 32.1. The van der Waals surface area contributed by atoms with E-state index < -0.39 is 5.91 Å². The number of methoxy groups -OCH3 is 2. The molecule has 1 amide bonds. The van der Waals surface area contributed by atoms with Crippen LogP contribution in [0.3, 0.4) is 0 Å². The Bertz CT molecular complexity index is 846. The van der Waals surface area contributed by atoms with Gasteiger partial charge in [0.25, 0.3) is 5.91 Å². The Hall–Kier alpha value is -3.13. The van der Waals surface area contributed by atoms with E-state index in [0.717, 1.165) is 12.8 Å². The lowest BCUT2D eigenvalue weighted by molar-refractivity contribution is 0.0499. The molecule has 0 bridgehead atoms.